The summed E-state index contributed by atoms with van der Waals surface area (Å²) in [5, 5.41) is 14.7. The minimum Gasteiger partial charge on any atom is -0.381 e. The number of hydroxylamine groups is 1. The molecule has 0 aliphatic carbocycles. The number of nitrogens with zero attached hydrogens (tertiary/aromatic N) is 5. The highest BCUT2D eigenvalue weighted by molar-refractivity contribution is 6.13. The van der Waals surface area contributed by atoms with E-state index in [0.29, 0.717) is 31.0 Å². The van der Waals surface area contributed by atoms with Crippen molar-refractivity contribution in [3.8, 4) is 0 Å². The van der Waals surface area contributed by atoms with Gasteiger partial charge in [0.05, 0.1) is 23.0 Å². The van der Waals surface area contributed by atoms with Crippen LogP contribution in [0.2, 0.25) is 0 Å². The Morgan fingerprint density at radius 2 is 1.60 bits per heavy atom. The summed E-state index contributed by atoms with van der Waals surface area (Å²) < 4.78 is 7.38. The molecule has 0 radical (unpaired) electrons. The summed E-state index contributed by atoms with van der Waals surface area (Å²) in [6.45, 7) is 4.37. The Morgan fingerprint density at radius 3 is 2.21 bits per heavy atom. The van der Waals surface area contributed by atoms with Crippen LogP contribution in [0.4, 0.5) is 5.69 Å². The number of carbonyl (C=O) groups excluding carboxylic acids is 2. The SMILES string of the molecule is CCn1ncc2c(NC3CCOCC3)c(C3=CC(C(=O)NCc4ccncc4)(C(=O)NCc4ccncc4)ON3)cnc21. The van der Waals surface area contributed by atoms with Gasteiger partial charge < -0.3 is 20.7 Å². The summed E-state index contributed by atoms with van der Waals surface area (Å²) in [5.74, 6) is -1.24. The van der Waals surface area contributed by atoms with Crippen molar-refractivity contribution in [2.75, 3.05) is 18.5 Å². The lowest BCUT2D eigenvalue weighted by molar-refractivity contribution is -0.157. The average Bonchev–Trinajstić information content (AvgIpc) is 3.70. The first-order valence-corrected chi connectivity index (χ1v) is 14.3. The Morgan fingerprint density at radius 1 is 0.977 bits per heavy atom. The second-order valence-corrected chi connectivity index (χ2v) is 10.3. The standard InChI is InChI=1S/C30H33N9O4/c1-2-39-27-24(19-36-39)26(37-22-7-13-42-14-8-22)23(18-33-27)25-15-30(43-38-25,28(40)34-16-20-3-9-31-10-4-20)29(41)35-17-21-5-11-32-12-6-21/h3-6,9-12,15,18-19,22,38H,2,7-8,13-14,16-17H2,1H3,(H,33,37)(H,34,40)(H,35,41). The highest BCUT2D eigenvalue weighted by Crippen LogP contribution is 2.35. The molecule has 6 rings (SSSR count). The minimum absolute atomic E-state index is 0.170. The molecule has 4 aromatic heterocycles. The van der Waals surface area contributed by atoms with Crippen molar-refractivity contribution < 1.29 is 19.2 Å². The second-order valence-electron chi connectivity index (χ2n) is 10.3. The molecule has 0 aromatic carbocycles. The molecular weight excluding hydrogens is 550 g/mol. The van der Waals surface area contributed by atoms with Crippen LogP contribution < -0.4 is 21.4 Å². The molecule has 0 atom stereocenters. The van der Waals surface area contributed by atoms with Crippen molar-refractivity contribution >= 4 is 34.2 Å². The van der Waals surface area contributed by atoms with Gasteiger partial charge >= 0.3 is 0 Å². The molecule has 43 heavy (non-hydrogen) atoms. The van der Waals surface area contributed by atoms with Crippen LogP contribution in [0.5, 0.6) is 0 Å². The van der Waals surface area contributed by atoms with Crippen LogP contribution in [-0.4, -0.2) is 61.4 Å². The summed E-state index contributed by atoms with van der Waals surface area (Å²) >= 11 is 0. The quantitative estimate of drug-likeness (QED) is 0.204. The fourth-order valence-electron chi connectivity index (χ4n) is 5.15. The van der Waals surface area contributed by atoms with Crippen molar-refractivity contribution in [2.24, 2.45) is 0 Å². The van der Waals surface area contributed by atoms with Gasteiger partial charge in [-0.25, -0.2) is 14.5 Å². The van der Waals surface area contributed by atoms with Gasteiger partial charge in [-0.1, -0.05) is 0 Å². The smallest absolute Gasteiger partial charge is 0.271 e. The van der Waals surface area contributed by atoms with Gasteiger partial charge in [-0.15, -0.1) is 0 Å². The maximum Gasteiger partial charge on any atom is 0.271 e. The molecule has 6 heterocycles. The zero-order valence-electron chi connectivity index (χ0n) is 23.7. The predicted octanol–water partition coefficient (Wildman–Crippen LogP) is 2.08. The van der Waals surface area contributed by atoms with Crippen LogP contribution in [0, 0.1) is 0 Å². The van der Waals surface area contributed by atoms with E-state index < -0.39 is 17.4 Å². The number of aromatic nitrogens is 5. The molecule has 4 aromatic rings. The van der Waals surface area contributed by atoms with E-state index in [1.807, 2.05) is 11.6 Å². The summed E-state index contributed by atoms with van der Waals surface area (Å²) in [6.07, 6.45) is 13.2. The van der Waals surface area contributed by atoms with E-state index >= 15 is 0 Å². The maximum atomic E-state index is 13.8. The molecule has 4 N–H and O–H groups in total. The summed E-state index contributed by atoms with van der Waals surface area (Å²) in [6, 6.07) is 7.32. The number of ether oxygens (including phenoxy) is 1. The number of hydrogen-bond acceptors (Lipinski definition) is 10. The van der Waals surface area contributed by atoms with E-state index in [4.69, 9.17) is 9.57 Å². The van der Waals surface area contributed by atoms with E-state index in [2.05, 4.69) is 41.5 Å². The van der Waals surface area contributed by atoms with Gasteiger partial charge in [0.25, 0.3) is 17.4 Å². The maximum absolute atomic E-state index is 13.8. The highest BCUT2D eigenvalue weighted by atomic mass is 16.7. The fourth-order valence-corrected chi connectivity index (χ4v) is 5.15. The van der Waals surface area contributed by atoms with Crippen molar-refractivity contribution in [1.29, 1.82) is 0 Å². The molecule has 222 valence electrons. The van der Waals surface area contributed by atoms with Crippen LogP contribution in [0.3, 0.4) is 0 Å². The van der Waals surface area contributed by atoms with Gasteiger partial charge in [0, 0.05) is 75.4 Å². The lowest BCUT2D eigenvalue weighted by Gasteiger charge is -2.25. The number of anilines is 1. The Balaban J connectivity index is 1.35. The van der Waals surface area contributed by atoms with E-state index in [1.165, 1.54) is 6.08 Å². The van der Waals surface area contributed by atoms with Gasteiger partial charge in [0.15, 0.2) is 5.65 Å². The number of nitrogens with one attached hydrogen (secondary N) is 4. The lowest BCUT2D eigenvalue weighted by atomic mass is 9.97. The summed E-state index contributed by atoms with van der Waals surface area (Å²) in [7, 11) is 0. The van der Waals surface area contributed by atoms with Gasteiger partial charge in [0.1, 0.15) is 0 Å². The highest BCUT2D eigenvalue weighted by Gasteiger charge is 2.50. The van der Waals surface area contributed by atoms with Crippen LogP contribution in [-0.2, 0) is 38.8 Å². The molecule has 1 saturated heterocycles. The Labute approximate surface area is 248 Å². The van der Waals surface area contributed by atoms with Crippen LogP contribution in [0.1, 0.15) is 36.5 Å². The van der Waals surface area contributed by atoms with Crippen molar-refractivity contribution in [3.05, 3.63) is 84.2 Å². The third-order valence-corrected chi connectivity index (χ3v) is 7.57. The zero-order valence-corrected chi connectivity index (χ0v) is 23.7. The number of aryl methyl sites for hydroxylation is 1. The molecule has 2 aliphatic rings. The third kappa shape index (κ3) is 5.90. The normalized spacial score (nSPS) is 16.3. The molecule has 0 bridgehead atoms. The molecule has 13 heteroatoms. The summed E-state index contributed by atoms with van der Waals surface area (Å²) in [4.78, 5) is 46.1. The van der Waals surface area contributed by atoms with E-state index in [-0.39, 0.29) is 19.1 Å². The fraction of sp³-hybridized carbons (Fsp3) is 0.333. The van der Waals surface area contributed by atoms with Crippen LogP contribution in [0.15, 0.2) is 67.5 Å². The van der Waals surface area contributed by atoms with Gasteiger partial charge in [0.2, 0.25) is 0 Å². The van der Waals surface area contributed by atoms with Crippen LogP contribution in [0.25, 0.3) is 16.7 Å². The van der Waals surface area contributed by atoms with Gasteiger partial charge in [-0.2, -0.15) is 5.10 Å². The van der Waals surface area contributed by atoms with Gasteiger partial charge in [-0.05, 0) is 61.2 Å². The van der Waals surface area contributed by atoms with Crippen molar-refractivity contribution in [2.45, 2.75) is 51.0 Å². The molecule has 2 amide bonds. The third-order valence-electron chi connectivity index (χ3n) is 7.57. The first-order chi connectivity index (χ1) is 21.1. The van der Waals surface area contributed by atoms with Crippen molar-refractivity contribution in [1.82, 2.24) is 40.8 Å². The van der Waals surface area contributed by atoms with E-state index in [1.54, 1.807) is 61.4 Å². The first kappa shape index (κ1) is 28.2. The number of rotatable bonds is 10. The second kappa shape index (κ2) is 12.5. The molecule has 0 unspecified atom stereocenters. The lowest BCUT2D eigenvalue weighted by Crippen LogP contribution is -2.56. The summed E-state index contributed by atoms with van der Waals surface area (Å²) in [5.41, 5.74) is 5.16. The molecular formula is C30H33N9O4. The molecule has 0 spiro atoms. The van der Waals surface area contributed by atoms with Crippen molar-refractivity contribution in [3.63, 3.8) is 0 Å². The Hall–Kier alpha value is -4.88. The number of amides is 2. The molecule has 2 aliphatic heterocycles. The van der Waals surface area contributed by atoms with E-state index in [0.717, 1.165) is 40.7 Å². The Bertz CT molecular complexity index is 1560. The molecule has 13 nitrogen and oxygen atoms in total. The van der Waals surface area contributed by atoms with E-state index in [9.17, 15) is 9.59 Å². The monoisotopic (exact) mass is 583 g/mol. The predicted molar refractivity (Wildman–Crippen MR) is 158 cm³/mol. The number of hydrogen-bond donors (Lipinski definition) is 4. The molecule has 0 saturated carbocycles. The largest absolute Gasteiger partial charge is 0.381 e. The number of pyridine rings is 3. The average molecular weight is 584 g/mol. The van der Waals surface area contributed by atoms with Gasteiger partial charge in [-0.3, -0.25) is 25.0 Å². The Kier molecular flexibility index (Phi) is 8.24. The number of carbonyl (C=O) groups is 2. The van der Waals surface area contributed by atoms with Crippen LogP contribution >= 0.6 is 0 Å². The topological polar surface area (TPSA) is 157 Å². The number of fused-ring (bicyclic) bond motifs is 1. The molecule has 1 fully saturated rings. The zero-order chi connectivity index (χ0) is 29.6. The first-order valence-electron chi connectivity index (χ1n) is 14.3. The minimum atomic E-state index is -1.99.